The molecule has 2 amide bonds. The van der Waals surface area contributed by atoms with Crippen LogP contribution >= 0.6 is 0 Å². The lowest BCUT2D eigenvalue weighted by atomic mass is 9.99. The van der Waals surface area contributed by atoms with Crippen molar-refractivity contribution < 1.29 is 9.59 Å². The van der Waals surface area contributed by atoms with Crippen LogP contribution in [0.4, 0.5) is 0 Å². The van der Waals surface area contributed by atoms with E-state index < -0.39 is 0 Å². The van der Waals surface area contributed by atoms with E-state index in [9.17, 15) is 9.59 Å². The monoisotopic (exact) mass is 155 g/mol. The number of carbonyl (C=O) groups excluding carboxylic acids is 2. The summed E-state index contributed by atoms with van der Waals surface area (Å²) in [5.41, 5.74) is 0. The third kappa shape index (κ3) is 1.42. The number of hydrogen-bond acceptors (Lipinski definition) is 2. The molecule has 1 unspecified atom stereocenters. The summed E-state index contributed by atoms with van der Waals surface area (Å²) in [4.78, 5) is 23.7. The molecule has 0 aromatic rings. The summed E-state index contributed by atoms with van der Waals surface area (Å²) in [5.74, 6) is 0.00648. The van der Waals surface area contributed by atoms with Crippen LogP contribution in [0.1, 0.15) is 26.7 Å². The number of imide groups is 1. The lowest BCUT2D eigenvalue weighted by Gasteiger charge is -2.27. The molecule has 1 atom stereocenters. The summed E-state index contributed by atoms with van der Waals surface area (Å²) >= 11 is 0. The first-order valence-electron chi connectivity index (χ1n) is 4.01. The lowest BCUT2D eigenvalue weighted by molar-refractivity contribution is -0.150. The minimum atomic E-state index is -0.0180. The Bertz CT molecular complexity index is 189. The van der Waals surface area contributed by atoms with E-state index in [0.29, 0.717) is 19.4 Å². The van der Waals surface area contributed by atoms with Crippen LogP contribution in [0.25, 0.3) is 0 Å². The first kappa shape index (κ1) is 8.24. The number of carbonyl (C=O) groups is 2. The number of amides is 2. The predicted molar refractivity (Wildman–Crippen MR) is 40.8 cm³/mol. The van der Waals surface area contributed by atoms with E-state index >= 15 is 0 Å². The number of nitrogens with zero attached hydrogens (tertiary/aromatic N) is 1. The van der Waals surface area contributed by atoms with Gasteiger partial charge >= 0.3 is 0 Å². The predicted octanol–water partition coefficient (Wildman–Crippen LogP) is 0.791. The van der Waals surface area contributed by atoms with Crippen molar-refractivity contribution in [1.82, 2.24) is 4.90 Å². The molecule has 3 heteroatoms. The van der Waals surface area contributed by atoms with Crippen molar-refractivity contribution in [3.05, 3.63) is 0 Å². The van der Waals surface area contributed by atoms with Gasteiger partial charge < -0.3 is 0 Å². The van der Waals surface area contributed by atoms with Crippen molar-refractivity contribution in [2.24, 2.45) is 5.92 Å². The largest absolute Gasteiger partial charge is 0.283 e. The molecular formula is C8H13NO2. The van der Waals surface area contributed by atoms with E-state index in [1.807, 2.05) is 13.8 Å². The second-order valence-corrected chi connectivity index (χ2v) is 2.92. The summed E-state index contributed by atoms with van der Waals surface area (Å²) in [6.45, 7) is 4.22. The number of hydrogen-bond donors (Lipinski definition) is 0. The standard InChI is InChI=1S/C8H13NO2/c1-3-9-7(10)5-4-6(2)8(9)11/h6H,3-5H2,1-2H3. The normalized spacial score (nSPS) is 26.0. The van der Waals surface area contributed by atoms with Crippen LogP contribution in [0.2, 0.25) is 0 Å². The average Bonchev–Trinajstić information content (AvgIpc) is 1.99. The molecule has 62 valence electrons. The topological polar surface area (TPSA) is 37.4 Å². The highest BCUT2D eigenvalue weighted by Crippen LogP contribution is 2.17. The fourth-order valence-corrected chi connectivity index (χ4v) is 1.32. The molecule has 0 aromatic heterocycles. The van der Waals surface area contributed by atoms with Crippen molar-refractivity contribution in [1.29, 1.82) is 0 Å². The average molecular weight is 155 g/mol. The Labute approximate surface area is 66.4 Å². The van der Waals surface area contributed by atoms with Gasteiger partial charge in [0.25, 0.3) is 0 Å². The molecule has 0 spiro atoms. The van der Waals surface area contributed by atoms with Crippen molar-refractivity contribution in [3.8, 4) is 0 Å². The maximum Gasteiger partial charge on any atom is 0.231 e. The van der Waals surface area contributed by atoms with E-state index in [-0.39, 0.29) is 17.7 Å². The van der Waals surface area contributed by atoms with Gasteiger partial charge in [0.2, 0.25) is 11.8 Å². The summed E-state index contributed by atoms with van der Waals surface area (Å²) in [7, 11) is 0. The molecule has 1 rings (SSSR count). The molecule has 3 nitrogen and oxygen atoms in total. The zero-order valence-corrected chi connectivity index (χ0v) is 6.96. The molecule has 1 aliphatic rings. The molecular weight excluding hydrogens is 142 g/mol. The fourth-order valence-electron chi connectivity index (χ4n) is 1.32. The van der Waals surface area contributed by atoms with Gasteiger partial charge in [-0.2, -0.15) is 0 Å². The maximum absolute atomic E-state index is 11.3. The van der Waals surface area contributed by atoms with E-state index in [1.54, 1.807) is 0 Å². The molecule has 0 radical (unpaired) electrons. The van der Waals surface area contributed by atoms with E-state index in [4.69, 9.17) is 0 Å². The number of piperidine rings is 1. The molecule has 0 bridgehead atoms. The van der Waals surface area contributed by atoms with E-state index in [2.05, 4.69) is 0 Å². The first-order valence-corrected chi connectivity index (χ1v) is 4.01. The van der Waals surface area contributed by atoms with Crippen molar-refractivity contribution in [2.45, 2.75) is 26.7 Å². The Hall–Kier alpha value is -0.860. The molecule has 0 N–H and O–H groups in total. The molecule has 0 aliphatic carbocycles. The molecule has 1 aliphatic heterocycles. The summed E-state index contributed by atoms with van der Waals surface area (Å²) in [5, 5.41) is 0. The van der Waals surface area contributed by atoms with Gasteiger partial charge in [0.05, 0.1) is 0 Å². The minimum absolute atomic E-state index is 0.0104. The van der Waals surface area contributed by atoms with Gasteiger partial charge in [0.15, 0.2) is 0 Å². The van der Waals surface area contributed by atoms with E-state index in [1.165, 1.54) is 4.90 Å². The first-order chi connectivity index (χ1) is 5.16. The van der Waals surface area contributed by atoms with Crippen LogP contribution in [0.15, 0.2) is 0 Å². The van der Waals surface area contributed by atoms with Crippen molar-refractivity contribution in [2.75, 3.05) is 6.54 Å². The Morgan fingerprint density at radius 1 is 1.55 bits per heavy atom. The van der Waals surface area contributed by atoms with Crippen LogP contribution in [0.3, 0.4) is 0 Å². The molecule has 1 fully saturated rings. The summed E-state index contributed by atoms with van der Waals surface area (Å²) in [6, 6.07) is 0. The third-order valence-electron chi connectivity index (χ3n) is 2.10. The highest BCUT2D eigenvalue weighted by Gasteiger charge is 2.29. The van der Waals surface area contributed by atoms with Crippen LogP contribution in [-0.4, -0.2) is 23.3 Å². The molecule has 1 saturated heterocycles. The van der Waals surface area contributed by atoms with Crippen LogP contribution in [-0.2, 0) is 9.59 Å². The Morgan fingerprint density at radius 2 is 2.18 bits per heavy atom. The van der Waals surface area contributed by atoms with Gasteiger partial charge in [-0.25, -0.2) is 0 Å². The molecule has 0 aromatic carbocycles. The lowest BCUT2D eigenvalue weighted by Crippen LogP contribution is -2.43. The van der Waals surface area contributed by atoms with Gasteiger partial charge in [-0.05, 0) is 13.3 Å². The maximum atomic E-state index is 11.3. The molecule has 0 saturated carbocycles. The summed E-state index contributed by atoms with van der Waals surface area (Å²) < 4.78 is 0. The quantitative estimate of drug-likeness (QED) is 0.525. The smallest absolute Gasteiger partial charge is 0.231 e. The zero-order chi connectivity index (χ0) is 8.43. The van der Waals surface area contributed by atoms with Gasteiger partial charge in [-0.15, -0.1) is 0 Å². The Kier molecular flexibility index (Phi) is 2.27. The number of likely N-dealkylation sites (tertiary alicyclic amines) is 1. The fraction of sp³-hybridized carbons (Fsp3) is 0.750. The minimum Gasteiger partial charge on any atom is -0.283 e. The SMILES string of the molecule is CCN1C(=O)CCC(C)C1=O. The second-order valence-electron chi connectivity index (χ2n) is 2.92. The third-order valence-corrected chi connectivity index (χ3v) is 2.10. The number of rotatable bonds is 1. The molecule has 11 heavy (non-hydrogen) atoms. The Morgan fingerprint density at radius 3 is 2.64 bits per heavy atom. The van der Waals surface area contributed by atoms with Gasteiger partial charge in [-0.3, -0.25) is 14.5 Å². The summed E-state index contributed by atoms with van der Waals surface area (Å²) in [6.07, 6.45) is 1.24. The van der Waals surface area contributed by atoms with Crippen molar-refractivity contribution in [3.63, 3.8) is 0 Å². The van der Waals surface area contributed by atoms with Crippen LogP contribution < -0.4 is 0 Å². The van der Waals surface area contributed by atoms with Gasteiger partial charge in [0, 0.05) is 18.9 Å². The van der Waals surface area contributed by atoms with Crippen LogP contribution in [0, 0.1) is 5.92 Å². The van der Waals surface area contributed by atoms with Crippen molar-refractivity contribution >= 4 is 11.8 Å². The highest BCUT2D eigenvalue weighted by atomic mass is 16.2. The van der Waals surface area contributed by atoms with Gasteiger partial charge in [-0.1, -0.05) is 6.92 Å². The highest BCUT2D eigenvalue weighted by molar-refractivity contribution is 5.98. The Balaban J connectivity index is 2.71. The second kappa shape index (κ2) is 3.03. The van der Waals surface area contributed by atoms with Crippen LogP contribution in [0.5, 0.6) is 0 Å². The van der Waals surface area contributed by atoms with E-state index in [0.717, 1.165) is 0 Å². The van der Waals surface area contributed by atoms with Gasteiger partial charge in [0.1, 0.15) is 0 Å². The molecule has 1 heterocycles. The zero-order valence-electron chi connectivity index (χ0n) is 6.96.